The van der Waals surface area contributed by atoms with E-state index in [1.54, 1.807) is 40.5 Å². The van der Waals surface area contributed by atoms with Gasteiger partial charge in [0.15, 0.2) is 0 Å². The maximum absolute atomic E-state index is 12.7. The van der Waals surface area contributed by atoms with Crippen molar-refractivity contribution in [2.45, 2.75) is 45.1 Å². The van der Waals surface area contributed by atoms with Gasteiger partial charge in [-0.2, -0.15) is 4.98 Å². The fourth-order valence-corrected chi connectivity index (χ4v) is 5.30. The number of carbonyl (C=O) groups is 2. The van der Waals surface area contributed by atoms with Gasteiger partial charge in [-0.1, -0.05) is 6.08 Å². The molecule has 0 bridgehead atoms. The zero-order valence-corrected chi connectivity index (χ0v) is 22.7. The van der Waals surface area contributed by atoms with Crippen LogP contribution in [0.3, 0.4) is 0 Å². The maximum Gasteiger partial charge on any atom is 0.353 e. The van der Waals surface area contributed by atoms with Gasteiger partial charge in [-0.05, 0) is 70.5 Å². The van der Waals surface area contributed by atoms with Crippen molar-refractivity contribution < 1.29 is 9.59 Å². The Morgan fingerprint density at radius 1 is 1.11 bits per heavy atom. The van der Waals surface area contributed by atoms with Crippen molar-refractivity contribution in [2.24, 2.45) is 23.3 Å². The second-order valence-electron chi connectivity index (χ2n) is 10.9. The number of nitrogens with one attached hydrogen (secondary N) is 1. The second-order valence-corrected chi connectivity index (χ2v) is 10.9. The standard InChI is InChI=1S/C25H40N8O3.ClH/c1-25(2,27)22(34)31-11-13-32(14-12-31)23(35)28-21-8-10-33(24(36)29-21)20-5-3-18(4-6-20)16-30-9-7-19(15-26)17-30;/h5,8,10,18-19H,3-4,6-7,9,11-17,26-27H2,1-2H3,(H,28,29,35,36);1H. The van der Waals surface area contributed by atoms with Gasteiger partial charge >= 0.3 is 11.7 Å². The number of halogens is 1. The van der Waals surface area contributed by atoms with E-state index in [1.165, 1.54) is 6.42 Å². The summed E-state index contributed by atoms with van der Waals surface area (Å²) in [7, 11) is 0. The maximum atomic E-state index is 12.7. The molecule has 12 heteroatoms. The number of carbonyl (C=O) groups excluding carboxylic acids is 2. The van der Waals surface area contributed by atoms with Gasteiger partial charge in [0.25, 0.3) is 0 Å². The van der Waals surface area contributed by atoms with Gasteiger partial charge < -0.3 is 26.2 Å². The van der Waals surface area contributed by atoms with Gasteiger partial charge in [0.05, 0.1) is 5.54 Å². The number of anilines is 1. The molecule has 2 fully saturated rings. The third-order valence-electron chi connectivity index (χ3n) is 7.47. The lowest BCUT2D eigenvalue weighted by Gasteiger charge is -2.37. The molecule has 3 heterocycles. The van der Waals surface area contributed by atoms with Gasteiger partial charge in [-0.3, -0.25) is 14.7 Å². The van der Waals surface area contributed by atoms with Crippen LogP contribution in [0.2, 0.25) is 0 Å². The first kappa shape index (κ1) is 29.1. The van der Waals surface area contributed by atoms with E-state index in [2.05, 4.69) is 21.3 Å². The first-order chi connectivity index (χ1) is 17.1. The topological polar surface area (TPSA) is 143 Å². The first-order valence-corrected chi connectivity index (χ1v) is 13.0. The third kappa shape index (κ3) is 7.31. The molecule has 0 aromatic carbocycles. The summed E-state index contributed by atoms with van der Waals surface area (Å²) < 4.78 is 1.57. The fourth-order valence-electron chi connectivity index (χ4n) is 5.30. The number of hydrogen-bond acceptors (Lipinski definition) is 7. The highest BCUT2D eigenvalue weighted by Crippen LogP contribution is 2.28. The van der Waals surface area contributed by atoms with Crippen LogP contribution in [0.25, 0.3) is 5.70 Å². The molecule has 2 unspecified atom stereocenters. The number of rotatable bonds is 6. The fraction of sp³-hybridized carbons (Fsp3) is 0.680. The average molecular weight is 537 g/mol. The van der Waals surface area contributed by atoms with E-state index < -0.39 is 11.2 Å². The van der Waals surface area contributed by atoms with E-state index in [0.29, 0.717) is 38.0 Å². The predicted molar refractivity (Wildman–Crippen MR) is 146 cm³/mol. The van der Waals surface area contributed by atoms with Crippen molar-refractivity contribution in [2.75, 3.05) is 57.7 Å². The summed E-state index contributed by atoms with van der Waals surface area (Å²) >= 11 is 0. The Bertz CT molecular complexity index is 1050. The lowest BCUT2D eigenvalue weighted by molar-refractivity contribution is -0.137. The predicted octanol–water partition coefficient (Wildman–Crippen LogP) is 1.00. The molecule has 37 heavy (non-hydrogen) atoms. The van der Waals surface area contributed by atoms with Crippen molar-refractivity contribution in [3.05, 3.63) is 28.8 Å². The van der Waals surface area contributed by atoms with E-state index >= 15 is 0 Å². The Hall–Kier alpha value is -2.47. The molecule has 5 N–H and O–H groups in total. The summed E-state index contributed by atoms with van der Waals surface area (Å²) in [6.45, 7) is 9.06. The molecule has 0 radical (unpaired) electrons. The van der Waals surface area contributed by atoms with Crippen molar-refractivity contribution in [3.63, 3.8) is 0 Å². The molecule has 11 nitrogen and oxygen atoms in total. The van der Waals surface area contributed by atoms with Gasteiger partial charge in [-0.25, -0.2) is 9.59 Å². The van der Waals surface area contributed by atoms with Crippen LogP contribution in [0.5, 0.6) is 0 Å². The molecule has 4 rings (SSSR count). The molecule has 2 atom stereocenters. The van der Waals surface area contributed by atoms with E-state index in [-0.39, 0.29) is 30.2 Å². The highest BCUT2D eigenvalue weighted by molar-refractivity contribution is 5.89. The van der Waals surface area contributed by atoms with Crippen molar-refractivity contribution in [1.29, 1.82) is 0 Å². The number of aromatic nitrogens is 2. The van der Waals surface area contributed by atoms with Crippen LogP contribution in [0.4, 0.5) is 10.6 Å². The molecule has 0 saturated carbocycles. The molecule has 206 valence electrons. The van der Waals surface area contributed by atoms with Crippen molar-refractivity contribution in [3.8, 4) is 0 Å². The van der Waals surface area contributed by atoms with Crippen LogP contribution in [0.15, 0.2) is 23.1 Å². The monoisotopic (exact) mass is 536 g/mol. The highest BCUT2D eigenvalue weighted by Gasteiger charge is 2.31. The Morgan fingerprint density at radius 2 is 1.81 bits per heavy atom. The molecule has 3 aliphatic rings. The molecule has 2 saturated heterocycles. The van der Waals surface area contributed by atoms with E-state index in [1.807, 2.05) is 0 Å². The van der Waals surface area contributed by atoms with Crippen LogP contribution in [0.1, 0.15) is 39.5 Å². The van der Waals surface area contributed by atoms with Crippen molar-refractivity contribution >= 4 is 35.9 Å². The highest BCUT2D eigenvalue weighted by atomic mass is 35.5. The van der Waals surface area contributed by atoms with Crippen molar-refractivity contribution in [1.82, 2.24) is 24.3 Å². The molecular weight excluding hydrogens is 496 g/mol. The SMILES string of the molecule is CC(C)(N)C(=O)N1CCN(C(=O)Nc2ccn(C3=CCC(CN4CCC(CN)C4)CC3)c(=O)n2)CC1.Cl. The third-order valence-corrected chi connectivity index (χ3v) is 7.47. The number of amides is 3. The first-order valence-electron chi connectivity index (χ1n) is 13.0. The molecule has 2 aliphatic heterocycles. The number of hydrogen-bond donors (Lipinski definition) is 3. The summed E-state index contributed by atoms with van der Waals surface area (Å²) in [6, 6.07) is 1.32. The lowest BCUT2D eigenvalue weighted by Crippen LogP contribution is -2.58. The molecule has 0 spiro atoms. The number of piperazine rings is 1. The molecule has 1 aromatic rings. The smallest absolute Gasteiger partial charge is 0.338 e. The summed E-state index contributed by atoms with van der Waals surface area (Å²) in [4.78, 5) is 47.6. The van der Waals surface area contributed by atoms with Gasteiger partial charge in [-0.15, -0.1) is 12.4 Å². The normalized spacial score (nSPS) is 22.9. The Labute approximate surface area is 224 Å². The zero-order valence-electron chi connectivity index (χ0n) is 21.9. The van der Waals surface area contributed by atoms with Gasteiger partial charge in [0.2, 0.25) is 5.91 Å². The van der Waals surface area contributed by atoms with Crippen LogP contribution in [0, 0.1) is 11.8 Å². The van der Waals surface area contributed by atoms with Crippen LogP contribution < -0.4 is 22.5 Å². The lowest BCUT2D eigenvalue weighted by atomic mass is 9.92. The van der Waals surface area contributed by atoms with Crippen LogP contribution in [-0.4, -0.2) is 94.1 Å². The number of allylic oxidation sites excluding steroid dienone is 2. The Balaban J connectivity index is 0.00000380. The molecule has 1 aliphatic carbocycles. The number of nitrogens with two attached hydrogens (primary N) is 2. The van der Waals surface area contributed by atoms with E-state index in [0.717, 1.165) is 51.1 Å². The zero-order chi connectivity index (χ0) is 25.9. The van der Waals surface area contributed by atoms with Gasteiger partial charge in [0, 0.05) is 51.2 Å². The molecule has 3 amide bonds. The Morgan fingerprint density at radius 3 is 2.38 bits per heavy atom. The van der Waals surface area contributed by atoms with Crippen LogP contribution in [-0.2, 0) is 4.79 Å². The average Bonchev–Trinajstić information content (AvgIpc) is 3.31. The number of nitrogens with zero attached hydrogens (tertiary/aromatic N) is 5. The second kappa shape index (κ2) is 12.4. The largest absolute Gasteiger partial charge is 0.353 e. The van der Waals surface area contributed by atoms with E-state index in [9.17, 15) is 14.4 Å². The number of likely N-dealkylation sites (tertiary alicyclic amines) is 1. The minimum absolute atomic E-state index is 0. The summed E-state index contributed by atoms with van der Waals surface area (Å²) in [5, 5.41) is 2.71. The Kier molecular flexibility index (Phi) is 9.74. The summed E-state index contributed by atoms with van der Waals surface area (Å²) in [5.74, 6) is 1.31. The van der Waals surface area contributed by atoms with Gasteiger partial charge in [0.1, 0.15) is 5.82 Å². The summed E-state index contributed by atoms with van der Waals surface area (Å²) in [5.41, 5.74) is 11.3. The van der Waals surface area contributed by atoms with E-state index in [4.69, 9.17) is 11.5 Å². The summed E-state index contributed by atoms with van der Waals surface area (Å²) in [6.07, 6.45) is 7.83. The molecular formula is C25H41ClN8O3. The minimum atomic E-state index is -0.936. The van der Waals surface area contributed by atoms with Crippen LogP contribution >= 0.6 is 12.4 Å². The molecule has 1 aromatic heterocycles. The minimum Gasteiger partial charge on any atom is -0.338 e. The number of urea groups is 1. The quantitative estimate of drug-likeness (QED) is 0.492.